The Balaban J connectivity index is 2.12. The van der Waals surface area contributed by atoms with Crippen LogP contribution >= 0.6 is 0 Å². The minimum Gasteiger partial charge on any atom is -0.399 e. The Hall–Kier alpha value is -1.62. The van der Waals surface area contributed by atoms with Crippen LogP contribution in [0.25, 0.3) is 0 Å². The summed E-state index contributed by atoms with van der Waals surface area (Å²) in [5, 5.41) is 0. The first-order valence-corrected chi connectivity index (χ1v) is 7.49. The number of nitrogens with zero attached hydrogens (tertiary/aromatic N) is 2. The summed E-state index contributed by atoms with van der Waals surface area (Å²) < 4.78 is 14.1. The standard InChI is InChI=1S/C16H24FN3O/c1-4-20-7-5-6-13(20)10-19(3)16(21)14-9-12(18)8-11(2)15(14)17/h8-9,13H,4-7,10,18H2,1-3H3. The van der Waals surface area contributed by atoms with Gasteiger partial charge in [-0.2, -0.15) is 0 Å². The summed E-state index contributed by atoms with van der Waals surface area (Å²) in [4.78, 5) is 16.4. The predicted molar refractivity (Wildman–Crippen MR) is 82.8 cm³/mol. The molecule has 0 spiro atoms. The average Bonchev–Trinajstić information content (AvgIpc) is 2.89. The van der Waals surface area contributed by atoms with E-state index in [1.54, 1.807) is 24.9 Å². The van der Waals surface area contributed by atoms with Gasteiger partial charge in [-0.25, -0.2) is 4.39 Å². The molecule has 1 unspecified atom stereocenters. The Kier molecular flexibility index (Phi) is 4.83. The minimum absolute atomic E-state index is 0.0658. The number of hydrogen-bond acceptors (Lipinski definition) is 3. The molecule has 5 heteroatoms. The van der Waals surface area contributed by atoms with Gasteiger partial charge in [0.2, 0.25) is 0 Å². The summed E-state index contributed by atoms with van der Waals surface area (Å²) in [6, 6.07) is 3.34. The van der Waals surface area contributed by atoms with E-state index in [-0.39, 0.29) is 11.5 Å². The van der Waals surface area contributed by atoms with Crippen LogP contribution in [-0.2, 0) is 0 Å². The second-order valence-electron chi connectivity index (χ2n) is 5.81. The highest BCUT2D eigenvalue weighted by molar-refractivity contribution is 5.95. The van der Waals surface area contributed by atoms with Crippen molar-refractivity contribution in [2.45, 2.75) is 32.7 Å². The van der Waals surface area contributed by atoms with Crippen LogP contribution in [0.2, 0.25) is 0 Å². The van der Waals surface area contributed by atoms with E-state index in [1.165, 1.54) is 6.07 Å². The van der Waals surface area contributed by atoms with Gasteiger partial charge in [0.1, 0.15) is 5.82 Å². The maximum absolute atomic E-state index is 14.1. The number of halogens is 1. The molecule has 21 heavy (non-hydrogen) atoms. The molecular weight excluding hydrogens is 269 g/mol. The summed E-state index contributed by atoms with van der Waals surface area (Å²) >= 11 is 0. The van der Waals surface area contributed by atoms with Gasteiger partial charge in [0.05, 0.1) is 5.56 Å². The molecule has 2 N–H and O–H groups in total. The van der Waals surface area contributed by atoms with E-state index >= 15 is 0 Å². The fourth-order valence-electron chi connectivity index (χ4n) is 3.08. The highest BCUT2D eigenvalue weighted by atomic mass is 19.1. The molecule has 0 saturated carbocycles. The van der Waals surface area contributed by atoms with E-state index in [0.29, 0.717) is 23.8 Å². The molecule has 1 aliphatic rings. The largest absolute Gasteiger partial charge is 0.399 e. The van der Waals surface area contributed by atoms with Gasteiger partial charge < -0.3 is 10.6 Å². The summed E-state index contributed by atoms with van der Waals surface area (Å²) in [6.07, 6.45) is 2.25. The molecule has 1 atom stereocenters. The van der Waals surface area contributed by atoms with Gasteiger partial charge in [0, 0.05) is 25.3 Å². The highest BCUT2D eigenvalue weighted by Gasteiger charge is 2.27. The number of hydrogen-bond donors (Lipinski definition) is 1. The van der Waals surface area contributed by atoms with Crippen LogP contribution in [0.1, 0.15) is 35.7 Å². The van der Waals surface area contributed by atoms with Crippen LogP contribution < -0.4 is 5.73 Å². The van der Waals surface area contributed by atoms with Crippen LogP contribution in [0.15, 0.2) is 12.1 Å². The molecule has 0 radical (unpaired) electrons. The Morgan fingerprint density at radius 2 is 2.24 bits per heavy atom. The lowest BCUT2D eigenvalue weighted by molar-refractivity contribution is 0.0750. The van der Waals surface area contributed by atoms with Crippen LogP contribution in [0.3, 0.4) is 0 Å². The van der Waals surface area contributed by atoms with Crippen LogP contribution in [0.4, 0.5) is 10.1 Å². The average molecular weight is 293 g/mol. The van der Waals surface area contributed by atoms with Gasteiger partial charge >= 0.3 is 0 Å². The number of carbonyl (C=O) groups excluding carboxylic acids is 1. The van der Waals surface area contributed by atoms with Crippen LogP contribution in [-0.4, -0.2) is 48.4 Å². The predicted octanol–water partition coefficient (Wildman–Crippen LogP) is 2.27. The zero-order chi connectivity index (χ0) is 15.6. The first-order valence-electron chi connectivity index (χ1n) is 7.49. The number of rotatable bonds is 4. The number of likely N-dealkylation sites (tertiary alicyclic amines) is 1. The Labute approximate surface area is 125 Å². The first kappa shape index (κ1) is 15.8. The second-order valence-corrected chi connectivity index (χ2v) is 5.81. The number of amides is 1. The van der Waals surface area contributed by atoms with Crippen molar-refractivity contribution in [2.75, 3.05) is 32.4 Å². The van der Waals surface area contributed by atoms with Gasteiger partial charge in [0.15, 0.2) is 0 Å². The van der Waals surface area contributed by atoms with Gasteiger partial charge in [0.25, 0.3) is 5.91 Å². The lowest BCUT2D eigenvalue weighted by Gasteiger charge is -2.28. The zero-order valence-corrected chi connectivity index (χ0v) is 13.0. The number of nitrogen functional groups attached to an aromatic ring is 1. The summed E-state index contributed by atoms with van der Waals surface area (Å²) in [6.45, 7) is 6.44. The lowest BCUT2D eigenvalue weighted by Crippen LogP contribution is -2.41. The zero-order valence-electron chi connectivity index (χ0n) is 13.0. The number of aryl methyl sites for hydroxylation is 1. The van der Waals surface area contributed by atoms with Crippen molar-refractivity contribution in [1.82, 2.24) is 9.80 Å². The van der Waals surface area contributed by atoms with Crippen molar-refractivity contribution in [2.24, 2.45) is 0 Å². The smallest absolute Gasteiger partial charge is 0.256 e. The molecular formula is C16H24FN3O. The summed E-state index contributed by atoms with van der Waals surface area (Å²) in [5.41, 5.74) is 6.62. The quantitative estimate of drug-likeness (QED) is 0.866. The van der Waals surface area contributed by atoms with E-state index in [0.717, 1.165) is 25.9 Å². The maximum Gasteiger partial charge on any atom is 0.256 e. The van der Waals surface area contributed by atoms with Gasteiger partial charge in [-0.3, -0.25) is 9.69 Å². The monoisotopic (exact) mass is 293 g/mol. The van der Waals surface area contributed by atoms with E-state index < -0.39 is 5.82 Å². The van der Waals surface area contributed by atoms with Gasteiger partial charge in [-0.05, 0) is 50.6 Å². The van der Waals surface area contributed by atoms with Gasteiger partial charge in [-0.15, -0.1) is 0 Å². The lowest BCUT2D eigenvalue weighted by atomic mass is 10.1. The molecule has 0 bridgehead atoms. The molecule has 1 saturated heterocycles. The van der Waals surface area contributed by atoms with Crippen molar-refractivity contribution in [3.63, 3.8) is 0 Å². The van der Waals surface area contributed by atoms with Crippen LogP contribution in [0, 0.1) is 12.7 Å². The molecule has 1 aliphatic heterocycles. The van der Waals surface area contributed by atoms with Crippen molar-refractivity contribution >= 4 is 11.6 Å². The summed E-state index contributed by atoms with van der Waals surface area (Å²) in [5.74, 6) is -0.773. The number of anilines is 1. The second kappa shape index (κ2) is 6.43. The minimum atomic E-state index is -0.472. The third-order valence-electron chi connectivity index (χ3n) is 4.24. The normalized spacial score (nSPS) is 19.0. The molecule has 1 heterocycles. The van der Waals surface area contributed by atoms with E-state index in [4.69, 9.17) is 5.73 Å². The topological polar surface area (TPSA) is 49.6 Å². The third kappa shape index (κ3) is 3.35. The number of benzene rings is 1. The molecule has 1 amide bonds. The Morgan fingerprint density at radius 1 is 1.52 bits per heavy atom. The molecule has 1 fully saturated rings. The fourth-order valence-corrected chi connectivity index (χ4v) is 3.08. The molecule has 1 aromatic rings. The van der Waals surface area contributed by atoms with Crippen LogP contribution in [0.5, 0.6) is 0 Å². The maximum atomic E-state index is 14.1. The third-order valence-corrected chi connectivity index (χ3v) is 4.24. The molecule has 4 nitrogen and oxygen atoms in total. The fraction of sp³-hybridized carbons (Fsp3) is 0.562. The first-order chi connectivity index (χ1) is 9.93. The van der Waals surface area contributed by atoms with E-state index in [2.05, 4.69) is 11.8 Å². The molecule has 0 aromatic heterocycles. The van der Waals surface area contributed by atoms with Crippen molar-refractivity contribution < 1.29 is 9.18 Å². The SMILES string of the molecule is CCN1CCCC1CN(C)C(=O)c1cc(N)cc(C)c1F. The molecule has 116 valence electrons. The summed E-state index contributed by atoms with van der Waals surface area (Å²) in [7, 11) is 1.73. The Morgan fingerprint density at radius 3 is 2.90 bits per heavy atom. The number of likely N-dealkylation sites (N-methyl/N-ethyl adjacent to an activating group) is 2. The Bertz CT molecular complexity index is 532. The molecule has 0 aliphatic carbocycles. The number of carbonyl (C=O) groups is 1. The van der Waals surface area contributed by atoms with Crippen molar-refractivity contribution in [3.05, 3.63) is 29.1 Å². The number of nitrogens with two attached hydrogens (primary N) is 1. The van der Waals surface area contributed by atoms with Crippen molar-refractivity contribution in [1.29, 1.82) is 0 Å². The van der Waals surface area contributed by atoms with E-state index in [1.807, 2.05) is 0 Å². The van der Waals surface area contributed by atoms with Gasteiger partial charge in [-0.1, -0.05) is 6.92 Å². The molecule has 2 rings (SSSR count). The molecule has 1 aromatic carbocycles. The van der Waals surface area contributed by atoms with Crippen molar-refractivity contribution in [3.8, 4) is 0 Å². The van der Waals surface area contributed by atoms with E-state index in [9.17, 15) is 9.18 Å². The highest BCUT2D eigenvalue weighted by Crippen LogP contribution is 2.21.